The second-order valence-electron chi connectivity index (χ2n) is 5.59. The van der Waals surface area contributed by atoms with Crippen LogP contribution in [0, 0.1) is 23.0 Å². The molecule has 1 atom stereocenters. The van der Waals surface area contributed by atoms with E-state index >= 15 is 0 Å². The Morgan fingerprint density at radius 3 is 2.86 bits per heavy atom. The van der Waals surface area contributed by atoms with Crippen molar-refractivity contribution in [2.45, 2.75) is 19.8 Å². The van der Waals surface area contributed by atoms with E-state index in [1.54, 1.807) is 17.0 Å². The number of nitrogens with zero attached hydrogens (tertiary/aromatic N) is 2. The Balaban J connectivity index is 0.00000242. The number of halogens is 1. The van der Waals surface area contributed by atoms with Gasteiger partial charge < -0.3 is 10.2 Å². The van der Waals surface area contributed by atoms with E-state index in [0.717, 1.165) is 24.9 Å². The Morgan fingerprint density at radius 1 is 1.50 bits per heavy atom. The highest BCUT2D eigenvalue weighted by molar-refractivity contribution is 5.98. The van der Waals surface area contributed by atoms with Gasteiger partial charge in [0.15, 0.2) is 0 Å². The summed E-state index contributed by atoms with van der Waals surface area (Å²) < 4.78 is 0. The van der Waals surface area contributed by atoms with E-state index in [-0.39, 0.29) is 29.6 Å². The van der Waals surface area contributed by atoms with Crippen LogP contribution in [0.3, 0.4) is 0 Å². The highest BCUT2D eigenvalue weighted by Gasteiger charge is 2.28. The highest BCUT2D eigenvalue weighted by Crippen LogP contribution is 2.24. The number of nitro groups is 1. The van der Waals surface area contributed by atoms with Crippen molar-refractivity contribution in [2.24, 2.45) is 5.92 Å². The first-order valence-corrected chi connectivity index (χ1v) is 7.22. The number of piperidine rings is 1. The van der Waals surface area contributed by atoms with Crippen molar-refractivity contribution < 1.29 is 9.72 Å². The molecule has 1 aliphatic heterocycles. The highest BCUT2D eigenvalue weighted by atomic mass is 35.5. The molecule has 6 nitrogen and oxygen atoms in total. The van der Waals surface area contributed by atoms with Gasteiger partial charge in [-0.3, -0.25) is 14.9 Å². The van der Waals surface area contributed by atoms with Crippen LogP contribution in [0.25, 0.3) is 0 Å². The van der Waals surface area contributed by atoms with Gasteiger partial charge in [-0.1, -0.05) is 6.07 Å². The van der Waals surface area contributed by atoms with Crippen LogP contribution in [0.2, 0.25) is 0 Å². The van der Waals surface area contributed by atoms with Crippen molar-refractivity contribution in [3.63, 3.8) is 0 Å². The van der Waals surface area contributed by atoms with Crippen molar-refractivity contribution in [2.75, 3.05) is 26.7 Å². The van der Waals surface area contributed by atoms with E-state index in [0.29, 0.717) is 19.0 Å². The molecular weight excluding hydrogens is 306 g/mol. The van der Waals surface area contributed by atoms with Crippen molar-refractivity contribution in [1.82, 2.24) is 10.2 Å². The molecule has 22 heavy (non-hydrogen) atoms. The number of nitro benzene ring substituents is 1. The van der Waals surface area contributed by atoms with Gasteiger partial charge in [-0.15, -0.1) is 12.4 Å². The second kappa shape index (κ2) is 8.10. The molecule has 1 aromatic rings. The van der Waals surface area contributed by atoms with Crippen LogP contribution in [0.1, 0.15) is 28.8 Å². The molecule has 1 fully saturated rings. The maximum atomic E-state index is 12.6. The number of hydrogen-bond acceptors (Lipinski definition) is 4. The number of nitrogens with one attached hydrogen (secondary N) is 1. The molecule has 1 saturated heterocycles. The van der Waals surface area contributed by atoms with E-state index in [4.69, 9.17) is 0 Å². The Bertz CT molecular complexity index is 549. The maximum Gasteiger partial charge on any atom is 0.282 e. The lowest BCUT2D eigenvalue weighted by Gasteiger charge is -2.32. The van der Waals surface area contributed by atoms with Gasteiger partial charge in [0.25, 0.3) is 11.6 Å². The van der Waals surface area contributed by atoms with Gasteiger partial charge in [0, 0.05) is 19.2 Å². The number of likely N-dealkylation sites (tertiary alicyclic amines) is 1. The van der Waals surface area contributed by atoms with Gasteiger partial charge in [-0.25, -0.2) is 0 Å². The van der Waals surface area contributed by atoms with E-state index in [1.165, 1.54) is 6.07 Å². The zero-order valence-electron chi connectivity index (χ0n) is 12.9. The normalized spacial score (nSPS) is 17.7. The summed E-state index contributed by atoms with van der Waals surface area (Å²) in [5.74, 6) is 0.183. The lowest BCUT2D eigenvalue weighted by molar-refractivity contribution is -0.385. The zero-order valence-corrected chi connectivity index (χ0v) is 13.7. The first-order chi connectivity index (χ1) is 10.0. The Hall–Kier alpha value is -1.66. The van der Waals surface area contributed by atoms with Crippen molar-refractivity contribution in [3.05, 3.63) is 39.4 Å². The first-order valence-electron chi connectivity index (χ1n) is 7.22. The third kappa shape index (κ3) is 4.18. The smallest absolute Gasteiger partial charge is 0.282 e. The largest absolute Gasteiger partial charge is 0.338 e. The van der Waals surface area contributed by atoms with Crippen molar-refractivity contribution in [3.8, 4) is 0 Å². The third-order valence-corrected chi connectivity index (χ3v) is 3.88. The van der Waals surface area contributed by atoms with Crippen LogP contribution in [0.4, 0.5) is 5.69 Å². The van der Waals surface area contributed by atoms with Crippen LogP contribution in [-0.2, 0) is 0 Å². The molecule has 1 heterocycles. The maximum absolute atomic E-state index is 12.6. The topological polar surface area (TPSA) is 75.5 Å². The first kappa shape index (κ1) is 18.4. The molecule has 0 radical (unpaired) electrons. The van der Waals surface area contributed by atoms with Crippen LogP contribution in [0.5, 0.6) is 0 Å². The molecule has 1 amide bonds. The SMILES string of the molecule is CNCC1CCCN(C(=O)c2cc(C)ccc2[N+](=O)[O-])C1.Cl. The fourth-order valence-electron chi connectivity index (χ4n) is 2.86. The molecule has 1 N–H and O–H groups in total. The Kier molecular flexibility index (Phi) is 6.77. The number of carbonyl (C=O) groups is 1. The minimum absolute atomic E-state index is 0. The number of rotatable bonds is 4. The summed E-state index contributed by atoms with van der Waals surface area (Å²) in [5.41, 5.74) is 0.944. The molecule has 122 valence electrons. The van der Waals surface area contributed by atoms with E-state index < -0.39 is 4.92 Å². The summed E-state index contributed by atoms with van der Waals surface area (Å²) in [6, 6.07) is 4.69. The zero-order chi connectivity index (χ0) is 15.4. The van der Waals surface area contributed by atoms with Crippen LogP contribution >= 0.6 is 12.4 Å². The Labute approximate surface area is 136 Å². The summed E-state index contributed by atoms with van der Waals surface area (Å²) in [7, 11) is 1.90. The van der Waals surface area contributed by atoms with Crippen molar-refractivity contribution >= 4 is 24.0 Å². The lowest BCUT2D eigenvalue weighted by atomic mass is 9.97. The van der Waals surface area contributed by atoms with Gasteiger partial charge >= 0.3 is 0 Å². The molecule has 0 bridgehead atoms. The second-order valence-corrected chi connectivity index (χ2v) is 5.59. The number of hydrogen-bond donors (Lipinski definition) is 1. The van der Waals surface area contributed by atoms with Crippen LogP contribution in [-0.4, -0.2) is 42.4 Å². The van der Waals surface area contributed by atoms with Gasteiger partial charge in [0.2, 0.25) is 0 Å². The molecule has 1 unspecified atom stereocenters. The minimum Gasteiger partial charge on any atom is -0.338 e. The van der Waals surface area contributed by atoms with Crippen molar-refractivity contribution in [1.29, 1.82) is 0 Å². The molecule has 1 aliphatic rings. The van der Waals surface area contributed by atoms with Gasteiger partial charge in [0.1, 0.15) is 5.56 Å². The lowest BCUT2D eigenvalue weighted by Crippen LogP contribution is -2.42. The number of amides is 1. The van der Waals surface area contributed by atoms with E-state index in [9.17, 15) is 14.9 Å². The summed E-state index contributed by atoms with van der Waals surface area (Å²) >= 11 is 0. The van der Waals surface area contributed by atoms with E-state index in [1.807, 2.05) is 14.0 Å². The van der Waals surface area contributed by atoms with Gasteiger partial charge in [-0.2, -0.15) is 0 Å². The number of carbonyl (C=O) groups excluding carboxylic acids is 1. The molecular formula is C15H22ClN3O3. The quantitative estimate of drug-likeness (QED) is 0.680. The predicted octanol–water partition coefficient (Wildman–Crippen LogP) is 2.40. The molecule has 0 saturated carbocycles. The molecule has 7 heteroatoms. The molecule has 2 rings (SSSR count). The molecule has 0 spiro atoms. The number of aryl methyl sites for hydroxylation is 1. The third-order valence-electron chi connectivity index (χ3n) is 3.88. The van der Waals surface area contributed by atoms with Crippen LogP contribution < -0.4 is 5.32 Å². The van der Waals surface area contributed by atoms with E-state index in [2.05, 4.69) is 5.32 Å². The standard InChI is InChI=1S/C15H21N3O3.ClH/c1-11-5-6-14(18(20)21)13(8-11)15(19)17-7-3-4-12(10-17)9-16-2;/h5-6,8,12,16H,3-4,7,9-10H2,1-2H3;1H. The molecule has 0 aliphatic carbocycles. The predicted molar refractivity (Wildman–Crippen MR) is 87.6 cm³/mol. The summed E-state index contributed by atoms with van der Waals surface area (Å²) in [4.78, 5) is 25.0. The average molecular weight is 328 g/mol. The van der Waals surface area contributed by atoms with Crippen LogP contribution in [0.15, 0.2) is 18.2 Å². The fourth-order valence-corrected chi connectivity index (χ4v) is 2.86. The van der Waals surface area contributed by atoms with Gasteiger partial charge in [-0.05, 0) is 50.9 Å². The number of benzene rings is 1. The molecule has 1 aromatic carbocycles. The Morgan fingerprint density at radius 2 is 2.23 bits per heavy atom. The minimum atomic E-state index is -0.484. The van der Waals surface area contributed by atoms with Gasteiger partial charge in [0.05, 0.1) is 4.92 Å². The molecule has 0 aromatic heterocycles. The monoisotopic (exact) mass is 327 g/mol. The summed E-state index contributed by atoms with van der Waals surface area (Å²) in [5, 5.41) is 14.2. The average Bonchev–Trinajstić information content (AvgIpc) is 2.46. The fraction of sp³-hybridized carbons (Fsp3) is 0.533. The summed E-state index contributed by atoms with van der Waals surface area (Å²) in [6.45, 7) is 4.02. The summed E-state index contributed by atoms with van der Waals surface area (Å²) in [6.07, 6.45) is 2.03.